The summed E-state index contributed by atoms with van der Waals surface area (Å²) in [4.78, 5) is 40.2. The van der Waals surface area contributed by atoms with Crippen LogP contribution in [0.1, 0.15) is 19.3 Å². The summed E-state index contributed by atoms with van der Waals surface area (Å²) < 4.78 is 5.49. The highest BCUT2D eigenvalue weighted by Gasteiger charge is 2.66. The zero-order chi connectivity index (χ0) is 23.6. The maximum atomic E-state index is 13.2. The van der Waals surface area contributed by atoms with Gasteiger partial charge in [-0.25, -0.2) is 4.79 Å². The van der Waals surface area contributed by atoms with Gasteiger partial charge in [-0.05, 0) is 30.2 Å². The highest BCUT2D eigenvalue weighted by atomic mass is 32.2. The first-order valence-corrected chi connectivity index (χ1v) is 12.4. The molecule has 2 atom stereocenters. The molecule has 1 aromatic rings. The summed E-state index contributed by atoms with van der Waals surface area (Å²) in [5, 5.41) is 21.4. The van der Waals surface area contributed by atoms with Gasteiger partial charge in [-0.3, -0.25) is 14.5 Å². The molecule has 3 aliphatic rings. The number of fused-ring (bicyclic) bond motifs is 1. The van der Waals surface area contributed by atoms with Crippen LogP contribution in [-0.4, -0.2) is 62.6 Å². The minimum Gasteiger partial charge on any atom is -0.512 e. The van der Waals surface area contributed by atoms with E-state index in [2.05, 4.69) is 5.32 Å². The second kappa shape index (κ2) is 9.66. The smallest absolute Gasteiger partial charge is 0.352 e. The van der Waals surface area contributed by atoms with Crippen molar-refractivity contribution in [2.75, 3.05) is 18.6 Å². The van der Waals surface area contributed by atoms with Crippen LogP contribution >= 0.6 is 23.5 Å². The molecule has 0 spiro atoms. The molecule has 2 amide bonds. The van der Waals surface area contributed by atoms with Crippen LogP contribution in [0.15, 0.2) is 70.0 Å². The van der Waals surface area contributed by atoms with Gasteiger partial charge in [0.05, 0.1) is 5.76 Å². The number of hydrogen-bond acceptors (Lipinski definition) is 7. The number of β-lactam (4-membered cyclic amide) rings is 1. The van der Waals surface area contributed by atoms with Crippen LogP contribution in [0.2, 0.25) is 0 Å². The molecular formula is C23H24N2O6S2. The van der Waals surface area contributed by atoms with Crippen molar-refractivity contribution < 1.29 is 29.3 Å². The fourth-order valence-corrected chi connectivity index (χ4v) is 6.51. The molecule has 2 heterocycles. The van der Waals surface area contributed by atoms with E-state index in [1.54, 1.807) is 12.2 Å². The first kappa shape index (κ1) is 23.5. The number of hydrogen-bond donors (Lipinski definition) is 3. The van der Waals surface area contributed by atoms with Crippen LogP contribution in [0.25, 0.3) is 0 Å². The van der Waals surface area contributed by atoms with Crippen LogP contribution in [0, 0.1) is 0 Å². The van der Waals surface area contributed by atoms with E-state index in [1.807, 2.05) is 30.3 Å². The number of amides is 2. The Morgan fingerprint density at radius 1 is 1.27 bits per heavy atom. The molecular weight excluding hydrogens is 464 g/mol. The molecule has 33 heavy (non-hydrogen) atoms. The number of benzene rings is 1. The Labute approximate surface area is 199 Å². The van der Waals surface area contributed by atoms with Crippen LogP contribution in [0.4, 0.5) is 0 Å². The molecule has 1 aliphatic carbocycles. The number of methoxy groups -OCH3 is 1. The number of carbonyl (C=O) groups is 3. The first-order chi connectivity index (χ1) is 15.9. The Bertz CT molecular complexity index is 1070. The van der Waals surface area contributed by atoms with E-state index in [9.17, 15) is 24.6 Å². The Kier molecular flexibility index (Phi) is 6.87. The lowest BCUT2D eigenvalue weighted by atomic mass is 9.97. The third-order valence-corrected chi connectivity index (χ3v) is 8.18. The van der Waals surface area contributed by atoms with Crippen molar-refractivity contribution in [1.82, 2.24) is 10.2 Å². The number of carboxylic acid groups (broad SMARTS) is 1. The third kappa shape index (κ3) is 4.55. The van der Waals surface area contributed by atoms with Crippen LogP contribution in [-0.2, 0) is 19.1 Å². The molecule has 1 unspecified atom stereocenters. The van der Waals surface area contributed by atoms with Crippen molar-refractivity contribution in [3.05, 3.63) is 65.1 Å². The highest BCUT2D eigenvalue weighted by molar-refractivity contribution is 8.01. The van der Waals surface area contributed by atoms with Gasteiger partial charge in [-0.15, -0.1) is 23.5 Å². The van der Waals surface area contributed by atoms with Gasteiger partial charge in [0.1, 0.15) is 11.1 Å². The highest BCUT2D eigenvalue weighted by Crippen LogP contribution is 2.47. The maximum Gasteiger partial charge on any atom is 0.352 e. The van der Waals surface area contributed by atoms with Crippen molar-refractivity contribution in [1.29, 1.82) is 0 Å². The van der Waals surface area contributed by atoms with Gasteiger partial charge < -0.3 is 20.3 Å². The molecule has 8 nitrogen and oxygen atoms in total. The minimum absolute atomic E-state index is 0.0373. The summed E-state index contributed by atoms with van der Waals surface area (Å²) in [6, 6.07) is 9.64. The van der Waals surface area contributed by atoms with Gasteiger partial charge in [0.2, 0.25) is 5.91 Å². The van der Waals surface area contributed by atoms with Gasteiger partial charge in [-0.1, -0.05) is 29.8 Å². The standard InChI is InChI=1S/C23H24N2O6S2/c1-31-23(24-18(27)11-14-7-9-16(26)10-8-14)21(30)25-19(20(28)29)15(13-33-22(23)25)12-32-17-5-3-2-4-6-17/h2-7,10,22,26H,8-9,11-13H2,1H3,(H,24,27)(H,28,29)/t22-,23?/m1/s1. The fourth-order valence-electron chi connectivity index (χ4n) is 4.01. The van der Waals surface area contributed by atoms with Crippen molar-refractivity contribution in [2.24, 2.45) is 0 Å². The summed E-state index contributed by atoms with van der Waals surface area (Å²) >= 11 is 2.88. The summed E-state index contributed by atoms with van der Waals surface area (Å²) in [6.07, 6.45) is 4.35. The topological polar surface area (TPSA) is 116 Å². The molecule has 0 aromatic heterocycles. The Morgan fingerprint density at radius 3 is 2.67 bits per heavy atom. The lowest BCUT2D eigenvalue weighted by Gasteiger charge is -2.55. The van der Waals surface area contributed by atoms with E-state index in [0.29, 0.717) is 29.9 Å². The number of carboxylic acids is 1. The van der Waals surface area contributed by atoms with Gasteiger partial charge >= 0.3 is 5.97 Å². The van der Waals surface area contributed by atoms with Gasteiger partial charge in [-0.2, -0.15) is 0 Å². The molecule has 10 heteroatoms. The van der Waals surface area contributed by atoms with Gasteiger partial charge in [0.25, 0.3) is 11.6 Å². The molecule has 2 aliphatic heterocycles. The second-order valence-corrected chi connectivity index (χ2v) is 9.95. The SMILES string of the molecule is COC1(NC(=O)CC2=CCC(O)=CC2)C(=O)N2C(C(=O)O)=C(CSc3ccccc3)CS[C@@H]21. The predicted octanol–water partition coefficient (Wildman–Crippen LogP) is 3.04. The van der Waals surface area contributed by atoms with E-state index in [-0.39, 0.29) is 17.9 Å². The molecule has 0 saturated carbocycles. The van der Waals surface area contributed by atoms with E-state index < -0.39 is 28.9 Å². The average molecular weight is 489 g/mol. The van der Waals surface area contributed by atoms with E-state index in [1.165, 1.54) is 35.5 Å². The number of nitrogens with zero attached hydrogens (tertiary/aromatic N) is 1. The number of carbonyl (C=O) groups excluding carboxylic acids is 2. The third-order valence-electron chi connectivity index (χ3n) is 5.70. The molecule has 0 bridgehead atoms. The largest absolute Gasteiger partial charge is 0.512 e. The monoisotopic (exact) mass is 488 g/mol. The normalized spacial score (nSPS) is 24.5. The van der Waals surface area contributed by atoms with Crippen molar-refractivity contribution in [3.8, 4) is 0 Å². The van der Waals surface area contributed by atoms with E-state index in [4.69, 9.17) is 4.74 Å². The summed E-state index contributed by atoms with van der Waals surface area (Å²) in [6.45, 7) is 0. The lowest BCUT2D eigenvalue weighted by Crippen LogP contribution is -2.80. The van der Waals surface area contributed by atoms with Crippen molar-refractivity contribution >= 4 is 41.3 Å². The van der Waals surface area contributed by atoms with Gasteiger partial charge in [0, 0.05) is 36.4 Å². The quantitative estimate of drug-likeness (QED) is 0.221. The Morgan fingerprint density at radius 2 is 2.03 bits per heavy atom. The van der Waals surface area contributed by atoms with Crippen molar-refractivity contribution in [2.45, 2.75) is 35.3 Å². The zero-order valence-corrected chi connectivity index (χ0v) is 19.6. The molecule has 174 valence electrons. The predicted molar refractivity (Wildman–Crippen MR) is 125 cm³/mol. The Balaban J connectivity index is 1.48. The lowest BCUT2D eigenvalue weighted by molar-refractivity contribution is -0.192. The zero-order valence-electron chi connectivity index (χ0n) is 17.9. The number of thioether (sulfide) groups is 2. The number of ether oxygens (including phenoxy) is 1. The summed E-state index contributed by atoms with van der Waals surface area (Å²) in [5.74, 6) is -1.04. The average Bonchev–Trinajstić information content (AvgIpc) is 2.82. The summed E-state index contributed by atoms with van der Waals surface area (Å²) in [7, 11) is 1.33. The van der Waals surface area contributed by atoms with Crippen LogP contribution in [0.5, 0.6) is 0 Å². The van der Waals surface area contributed by atoms with Crippen LogP contribution < -0.4 is 5.32 Å². The molecule has 3 N–H and O–H groups in total. The van der Waals surface area contributed by atoms with Crippen molar-refractivity contribution in [3.63, 3.8) is 0 Å². The Hall–Kier alpha value is -2.69. The number of allylic oxidation sites excluding steroid dienone is 2. The number of aliphatic hydroxyl groups excluding tert-OH is 1. The molecule has 1 saturated heterocycles. The number of aliphatic hydroxyl groups is 1. The summed E-state index contributed by atoms with van der Waals surface area (Å²) in [5.41, 5.74) is -0.151. The second-order valence-electron chi connectivity index (χ2n) is 7.83. The molecule has 0 radical (unpaired) electrons. The number of rotatable bonds is 8. The van der Waals surface area contributed by atoms with Crippen LogP contribution in [0.3, 0.4) is 0 Å². The van der Waals surface area contributed by atoms with E-state index >= 15 is 0 Å². The molecule has 4 rings (SSSR count). The van der Waals surface area contributed by atoms with Gasteiger partial charge in [0.15, 0.2) is 0 Å². The van der Waals surface area contributed by atoms with E-state index in [0.717, 1.165) is 10.5 Å². The molecule has 1 fully saturated rings. The number of aliphatic carboxylic acids is 1. The minimum atomic E-state index is -1.60. The first-order valence-electron chi connectivity index (χ1n) is 10.4. The maximum absolute atomic E-state index is 13.2. The molecule has 1 aromatic carbocycles. The number of nitrogens with one attached hydrogen (secondary N) is 1. The fraction of sp³-hybridized carbons (Fsp3) is 0.348.